The van der Waals surface area contributed by atoms with Gasteiger partial charge in [0.25, 0.3) is 0 Å². The Balaban J connectivity index is 0.000000980. The zero-order valence-electron chi connectivity index (χ0n) is 7.86. The molecule has 2 heteroatoms. The number of nitrogens with zero attached hydrogens (tertiary/aromatic N) is 2. The van der Waals surface area contributed by atoms with E-state index in [1.165, 1.54) is 5.57 Å². The fourth-order valence-corrected chi connectivity index (χ4v) is 1.52. The number of allylic oxidation sites excluding steroid dienone is 2. The second kappa shape index (κ2) is 4.18. The number of pyridine rings is 1. The van der Waals surface area contributed by atoms with Crippen LogP contribution in [0.15, 0.2) is 29.4 Å². The van der Waals surface area contributed by atoms with Crippen LogP contribution in [0.4, 0.5) is 5.69 Å². The van der Waals surface area contributed by atoms with Crippen molar-refractivity contribution in [2.24, 2.45) is 10.9 Å². The molecule has 0 amide bonds. The van der Waals surface area contributed by atoms with Gasteiger partial charge in [0.15, 0.2) is 0 Å². The van der Waals surface area contributed by atoms with E-state index in [4.69, 9.17) is 0 Å². The Bertz CT molecular complexity index is 378. The van der Waals surface area contributed by atoms with Crippen LogP contribution in [0.1, 0.15) is 27.0 Å². The molecule has 0 saturated carbocycles. The van der Waals surface area contributed by atoms with Crippen molar-refractivity contribution in [1.29, 1.82) is 0 Å². The van der Waals surface area contributed by atoms with E-state index in [0.29, 0.717) is 5.92 Å². The van der Waals surface area contributed by atoms with Crippen molar-refractivity contribution in [2.75, 3.05) is 0 Å². The molecular weight excluding hydrogens is 172 g/mol. The van der Waals surface area contributed by atoms with E-state index in [1.807, 2.05) is 24.5 Å². The maximum absolute atomic E-state index is 4.38. The van der Waals surface area contributed by atoms with Crippen molar-refractivity contribution in [1.82, 2.24) is 4.98 Å². The number of hydrogen-bond acceptors (Lipinski definition) is 2. The predicted molar refractivity (Wildman–Crippen MR) is 61.9 cm³/mol. The molecule has 0 bridgehead atoms. The summed E-state index contributed by atoms with van der Waals surface area (Å²) in [6, 6.07) is 3.91. The average molecular weight is 188 g/mol. The highest BCUT2D eigenvalue weighted by molar-refractivity contribution is 5.80. The number of aliphatic imine (C=N–C) groups is 1. The summed E-state index contributed by atoms with van der Waals surface area (Å²) in [6.45, 7) is 4.20. The van der Waals surface area contributed by atoms with E-state index < -0.39 is 0 Å². The Labute approximate surface area is 85.4 Å². The molecule has 0 aromatic carbocycles. The summed E-state index contributed by atoms with van der Waals surface area (Å²) in [6.07, 6.45) is 5.95. The van der Waals surface area contributed by atoms with Crippen molar-refractivity contribution in [3.8, 4) is 0 Å². The Hall–Kier alpha value is -1.44. The minimum atomic E-state index is 0. The molecule has 0 radical (unpaired) electrons. The lowest BCUT2D eigenvalue weighted by Gasteiger charge is -2.01. The summed E-state index contributed by atoms with van der Waals surface area (Å²) in [5.41, 5.74) is 3.18. The van der Waals surface area contributed by atoms with Crippen LogP contribution in [-0.2, 0) is 0 Å². The first-order valence-electron chi connectivity index (χ1n) is 4.45. The SMILES string of the molecule is C.CC1=CC(C)C=Nc2cccnc21. The van der Waals surface area contributed by atoms with E-state index in [2.05, 4.69) is 29.9 Å². The van der Waals surface area contributed by atoms with E-state index in [0.717, 1.165) is 11.4 Å². The molecule has 0 fully saturated rings. The van der Waals surface area contributed by atoms with E-state index in [1.54, 1.807) is 0 Å². The lowest BCUT2D eigenvalue weighted by Crippen LogP contribution is -1.88. The molecule has 2 nitrogen and oxygen atoms in total. The zero-order valence-corrected chi connectivity index (χ0v) is 7.86. The van der Waals surface area contributed by atoms with Crippen LogP contribution in [0.3, 0.4) is 0 Å². The third kappa shape index (κ3) is 1.90. The molecule has 1 unspecified atom stereocenters. The van der Waals surface area contributed by atoms with Crippen LogP contribution in [-0.4, -0.2) is 11.2 Å². The summed E-state index contributed by atoms with van der Waals surface area (Å²) in [4.78, 5) is 8.69. The highest BCUT2D eigenvalue weighted by atomic mass is 14.8. The van der Waals surface area contributed by atoms with Crippen LogP contribution >= 0.6 is 0 Å². The van der Waals surface area contributed by atoms with Gasteiger partial charge >= 0.3 is 0 Å². The van der Waals surface area contributed by atoms with Gasteiger partial charge in [-0.2, -0.15) is 0 Å². The van der Waals surface area contributed by atoms with Gasteiger partial charge in [-0.15, -0.1) is 0 Å². The number of fused-ring (bicyclic) bond motifs is 1. The molecule has 14 heavy (non-hydrogen) atoms. The monoisotopic (exact) mass is 188 g/mol. The van der Waals surface area contributed by atoms with Gasteiger partial charge in [0.05, 0.1) is 11.4 Å². The number of aromatic nitrogens is 1. The summed E-state index contributed by atoms with van der Waals surface area (Å²) in [5, 5.41) is 0. The standard InChI is InChI=1S/C11H12N2.CH4/c1-8-6-9(2)11-10(13-7-8)4-3-5-12-11;/h3-8H,1-2H3;1H4. The van der Waals surface area contributed by atoms with Crippen LogP contribution < -0.4 is 0 Å². The minimum absolute atomic E-state index is 0. The maximum atomic E-state index is 4.38. The van der Waals surface area contributed by atoms with Gasteiger partial charge < -0.3 is 0 Å². The first kappa shape index (κ1) is 10.6. The molecular formula is C12H16N2. The second-order valence-corrected chi connectivity index (χ2v) is 3.36. The molecule has 0 aliphatic carbocycles. The highest BCUT2D eigenvalue weighted by Crippen LogP contribution is 2.26. The third-order valence-corrected chi connectivity index (χ3v) is 2.12. The highest BCUT2D eigenvalue weighted by Gasteiger charge is 2.08. The maximum Gasteiger partial charge on any atom is 0.0912 e. The quantitative estimate of drug-likeness (QED) is 0.612. The number of hydrogen-bond donors (Lipinski definition) is 0. The lowest BCUT2D eigenvalue weighted by molar-refractivity contribution is 1.03. The summed E-state index contributed by atoms with van der Waals surface area (Å²) in [7, 11) is 0. The Morgan fingerprint density at radius 2 is 2.14 bits per heavy atom. The largest absolute Gasteiger partial charge is 0.258 e. The smallest absolute Gasteiger partial charge is 0.0912 e. The van der Waals surface area contributed by atoms with Crippen molar-refractivity contribution < 1.29 is 0 Å². The Kier molecular flexibility index (Phi) is 3.18. The second-order valence-electron chi connectivity index (χ2n) is 3.36. The van der Waals surface area contributed by atoms with Crippen LogP contribution in [0, 0.1) is 5.92 Å². The van der Waals surface area contributed by atoms with Gasteiger partial charge in [0, 0.05) is 18.3 Å². The predicted octanol–water partition coefficient (Wildman–Crippen LogP) is 3.47. The van der Waals surface area contributed by atoms with Crippen molar-refractivity contribution in [2.45, 2.75) is 21.3 Å². The van der Waals surface area contributed by atoms with Crippen molar-refractivity contribution >= 4 is 17.5 Å². The topological polar surface area (TPSA) is 25.2 Å². The Morgan fingerprint density at radius 3 is 2.93 bits per heavy atom. The van der Waals surface area contributed by atoms with Crippen LogP contribution in [0.2, 0.25) is 0 Å². The summed E-state index contributed by atoms with van der Waals surface area (Å²) >= 11 is 0. The fraction of sp³-hybridized carbons (Fsp3) is 0.333. The van der Waals surface area contributed by atoms with Gasteiger partial charge in [-0.1, -0.05) is 20.4 Å². The first-order valence-corrected chi connectivity index (χ1v) is 4.45. The minimum Gasteiger partial charge on any atom is -0.258 e. The molecule has 2 heterocycles. The molecule has 1 atom stereocenters. The van der Waals surface area contributed by atoms with E-state index in [-0.39, 0.29) is 7.43 Å². The average Bonchev–Trinajstić information content (AvgIpc) is 2.27. The normalized spacial score (nSPS) is 19.0. The van der Waals surface area contributed by atoms with Gasteiger partial charge in [-0.05, 0) is 24.6 Å². The molecule has 74 valence electrons. The van der Waals surface area contributed by atoms with Gasteiger partial charge in [-0.3, -0.25) is 9.98 Å². The summed E-state index contributed by atoms with van der Waals surface area (Å²) < 4.78 is 0. The van der Waals surface area contributed by atoms with Crippen molar-refractivity contribution in [3.63, 3.8) is 0 Å². The summed E-state index contributed by atoms with van der Waals surface area (Å²) in [5.74, 6) is 0.397. The molecule has 0 N–H and O–H groups in total. The Morgan fingerprint density at radius 1 is 1.36 bits per heavy atom. The molecule has 1 aromatic heterocycles. The van der Waals surface area contributed by atoms with Crippen LogP contribution in [0.5, 0.6) is 0 Å². The molecule has 1 aromatic rings. The lowest BCUT2D eigenvalue weighted by atomic mass is 10.1. The van der Waals surface area contributed by atoms with Gasteiger partial charge in [-0.25, -0.2) is 0 Å². The van der Waals surface area contributed by atoms with Crippen LogP contribution in [0.25, 0.3) is 5.57 Å². The first-order chi connectivity index (χ1) is 6.27. The van der Waals surface area contributed by atoms with E-state index in [9.17, 15) is 0 Å². The zero-order chi connectivity index (χ0) is 9.26. The van der Waals surface area contributed by atoms with Crippen molar-refractivity contribution in [3.05, 3.63) is 30.1 Å². The molecule has 2 rings (SSSR count). The molecule has 1 aliphatic heterocycles. The third-order valence-electron chi connectivity index (χ3n) is 2.12. The number of rotatable bonds is 0. The van der Waals surface area contributed by atoms with E-state index >= 15 is 0 Å². The molecule has 0 spiro atoms. The molecule has 1 aliphatic rings. The molecule has 0 saturated heterocycles. The fourth-order valence-electron chi connectivity index (χ4n) is 1.52. The van der Waals surface area contributed by atoms with Gasteiger partial charge in [0.2, 0.25) is 0 Å². The van der Waals surface area contributed by atoms with Gasteiger partial charge in [0.1, 0.15) is 0 Å².